The molecule has 0 aliphatic rings. The minimum absolute atomic E-state index is 0.0252. The van der Waals surface area contributed by atoms with Gasteiger partial charge < -0.3 is 20.1 Å². The molecule has 0 aliphatic carbocycles. The number of nitrogens with one attached hydrogen (secondary N) is 2. The summed E-state index contributed by atoms with van der Waals surface area (Å²) in [5, 5.41) is 4.96. The highest BCUT2D eigenvalue weighted by Crippen LogP contribution is 2.34. The monoisotopic (exact) mass is 334 g/mol. The molecular weight excluding hydrogens is 313 g/mol. The Balaban J connectivity index is 2.55. The Hall–Kier alpha value is -1.96. The lowest BCUT2D eigenvalue weighted by atomic mass is 10.1. The SMILES string of the molecule is CCOCCCNC(=O)NCc1ccc(OC)cc1C(F)(F)F. The average Bonchev–Trinajstić information content (AvgIpc) is 2.51. The summed E-state index contributed by atoms with van der Waals surface area (Å²) < 4.78 is 49.0. The number of amides is 2. The van der Waals surface area contributed by atoms with Gasteiger partial charge in [-0.2, -0.15) is 13.2 Å². The highest BCUT2D eigenvalue weighted by atomic mass is 19.4. The van der Waals surface area contributed by atoms with Crippen molar-refractivity contribution in [2.24, 2.45) is 0 Å². The predicted molar refractivity (Wildman–Crippen MR) is 79.3 cm³/mol. The smallest absolute Gasteiger partial charge is 0.416 e. The molecule has 0 aromatic heterocycles. The van der Waals surface area contributed by atoms with Gasteiger partial charge in [-0.05, 0) is 31.0 Å². The molecule has 0 saturated carbocycles. The first-order valence-corrected chi connectivity index (χ1v) is 7.22. The normalized spacial score (nSPS) is 11.2. The van der Waals surface area contributed by atoms with Gasteiger partial charge in [-0.25, -0.2) is 4.79 Å². The van der Waals surface area contributed by atoms with E-state index in [1.54, 1.807) is 0 Å². The predicted octanol–water partition coefficient (Wildman–Crippen LogP) is 2.94. The highest BCUT2D eigenvalue weighted by molar-refractivity contribution is 5.73. The summed E-state index contributed by atoms with van der Waals surface area (Å²) in [4.78, 5) is 11.6. The lowest BCUT2D eigenvalue weighted by Crippen LogP contribution is -2.36. The molecule has 0 heterocycles. The quantitative estimate of drug-likeness (QED) is 0.719. The largest absolute Gasteiger partial charge is 0.497 e. The zero-order chi connectivity index (χ0) is 17.3. The van der Waals surface area contributed by atoms with Crippen LogP contribution in [0.25, 0.3) is 0 Å². The molecule has 0 fully saturated rings. The van der Waals surface area contributed by atoms with Gasteiger partial charge in [0.1, 0.15) is 5.75 Å². The first-order chi connectivity index (χ1) is 10.9. The number of methoxy groups -OCH3 is 1. The van der Waals surface area contributed by atoms with Gasteiger partial charge in [0.25, 0.3) is 0 Å². The number of ether oxygens (including phenoxy) is 2. The minimum Gasteiger partial charge on any atom is -0.497 e. The third kappa shape index (κ3) is 6.77. The van der Waals surface area contributed by atoms with E-state index in [1.165, 1.54) is 19.2 Å². The molecule has 2 N–H and O–H groups in total. The molecule has 0 spiro atoms. The lowest BCUT2D eigenvalue weighted by molar-refractivity contribution is -0.138. The van der Waals surface area contributed by atoms with E-state index in [0.29, 0.717) is 26.2 Å². The van der Waals surface area contributed by atoms with E-state index in [0.717, 1.165) is 6.07 Å². The maximum absolute atomic E-state index is 13.0. The summed E-state index contributed by atoms with van der Waals surface area (Å²) in [5.41, 5.74) is -0.851. The van der Waals surface area contributed by atoms with E-state index >= 15 is 0 Å². The van der Waals surface area contributed by atoms with E-state index in [4.69, 9.17) is 9.47 Å². The molecule has 1 aromatic carbocycles. The van der Waals surface area contributed by atoms with Crippen molar-refractivity contribution in [3.63, 3.8) is 0 Å². The third-order valence-electron chi connectivity index (χ3n) is 3.02. The van der Waals surface area contributed by atoms with E-state index in [9.17, 15) is 18.0 Å². The maximum Gasteiger partial charge on any atom is 0.416 e. The molecule has 5 nitrogen and oxygen atoms in total. The van der Waals surface area contributed by atoms with E-state index in [1.807, 2.05) is 6.92 Å². The second kappa shape index (κ2) is 9.24. The molecule has 0 atom stereocenters. The van der Waals surface area contributed by atoms with Gasteiger partial charge in [0, 0.05) is 26.3 Å². The summed E-state index contributed by atoms with van der Waals surface area (Å²) in [6, 6.07) is 3.10. The molecule has 0 radical (unpaired) electrons. The second-order valence-corrected chi connectivity index (χ2v) is 4.68. The Morgan fingerprint density at radius 3 is 2.61 bits per heavy atom. The Kier molecular flexibility index (Phi) is 7.67. The number of hydrogen-bond donors (Lipinski definition) is 2. The van der Waals surface area contributed by atoms with E-state index in [-0.39, 0.29) is 17.9 Å². The zero-order valence-electron chi connectivity index (χ0n) is 13.1. The molecule has 1 rings (SSSR count). The van der Waals surface area contributed by atoms with Crippen LogP contribution in [0.5, 0.6) is 5.75 Å². The van der Waals surface area contributed by atoms with Gasteiger partial charge in [-0.15, -0.1) is 0 Å². The Morgan fingerprint density at radius 2 is 2.00 bits per heavy atom. The molecule has 0 saturated heterocycles. The molecule has 130 valence electrons. The molecule has 0 aliphatic heterocycles. The zero-order valence-corrected chi connectivity index (χ0v) is 13.1. The number of rotatable bonds is 8. The Labute approximate surface area is 133 Å². The van der Waals surface area contributed by atoms with Crippen molar-refractivity contribution in [3.8, 4) is 5.75 Å². The van der Waals surface area contributed by atoms with Gasteiger partial charge in [-0.3, -0.25) is 0 Å². The van der Waals surface area contributed by atoms with E-state index in [2.05, 4.69) is 10.6 Å². The van der Waals surface area contributed by atoms with Crippen molar-refractivity contribution in [3.05, 3.63) is 29.3 Å². The summed E-state index contributed by atoms with van der Waals surface area (Å²) in [7, 11) is 1.29. The van der Waals surface area contributed by atoms with Crippen molar-refractivity contribution in [2.75, 3.05) is 26.9 Å². The van der Waals surface area contributed by atoms with Crippen LogP contribution in [0.15, 0.2) is 18.2 Å². The maximum atomic E-state index is 13.0. The number of hydrogen-bond acceptors (Lipinski definition) is 3. The molecule has 1 aromatic rings. The Bertz CT molecular complexity index is 507. The van der Waals surface area contributed by atoms with E-state index < -0.39 is 17.8 Å². The number of carbonyl (C=O) groups excluding carboxylic acids is 1. The number of alkyl halides is 3. The molecule has 2 amide bonds. The van der Waals surface area contributed by atoms with Crippen molar-refractivity contribution in [1.82, 2.24) is 10.6 Å². The molecule has 0 bridgehead atoms. The minimum atomic E-state index is -4.51. The summed E-state index contributed by atoms with van der Waals surface area (Å²) in [6.45, 7) is 3.15. The van der Waals surface area contributed by atoms with Crippen LogP contribution in [-0.2, 0) is 17.5 Å². The van der Waals surface area contributed by atoms with Crippen LogP contribution in [0.1, 0.15) is 24.5 Å². The first-order valence-electron chi connectivity index (χ1n) is 7.22. The molecule has 0 unspecified atom stereocenters. The second-order valence-electron chi connectivity index (χ2n) is 4.68. The van der Waals surface area contributed by atoms with Gasteiger partial charge in [0.05, 0.1) is 12.7 Å². The fraction of sp³-hybridized carbons (Fsp3) is 0.533. The number of halogens is 3. The number of carbonyl (C=O) groups is 1. The highest BCUT2D eigenvalue weighted by Gasteiger charge is 2.33. The topological polar surface area (TPSA) is 59.6 Å². The number of benzene rings is 1. The van der Waals surface area contributed by atoms with Crippen LogP contribution in [0, 0.1) is 0 Å². The van der Waals surface area contributed by atoms with Gasteiger partial charge in [0.2, 0.25) is 0 Å². The standard InChI is InChI=1S/C15H21F3N2O3/c1-3-23-8-4-7-19-14(21)20-10-11-5-6-12(22-2)9-13(11)15(16,17)18/h5-6,9H,3-4,7-8,10H2,1-2H3,(H2,19,20,21). The van der Waals surface area contributed by atoms with Crippen molar-refractivity contribution in [1.29, 1.82) is 0 Å². The summed E-state index contributed by atoms with van der Waals surface area (Å²) in [6.07, 6.45) is -3.88. The fourth-order valence-corrected chi connectivity index (χ4v) is 1.86. The fourth-order valence-electron chi connectivity index (χ4n) is 1.86. The molecule has 23 heavy (non-hydrogen) atoms. The molecular formula is C15H21F3N2O3. The van der Waals surface area contributed by atoms with Crippen LogP contribution in [0.3, 0.4) is 0 Å². The number of urea groups is 1. The molecule has 8 heteroatoms. The summed E-state index contributed by atoms with van der Waals surface area (Å²) in [5.74, 6) is 0.112. The average molecular weight is 334 g/mol. The van der Waals surface area contributed by atoms with Crippen LogP contribution < -0.4 is 15.4 Å². The van der Waals surface area contributed by atoms with Gasteiger partial charge in [-0.1, -0.05) is 6.07 Å². The Morgan fingerprint density at radius 1 is 1.26 bits per heavy atom. The van der Waals surface area contributed by atoms with Crippen molar-refractivity contribution < 1.29 is 27.4 Å². The van der Waals surface area contributed by atoms with Crippen LogP contribution in [-0.4, -0.2) is 32.9 Å². The first kappa shape index (κ1) is 19.1. The van der Waals surface area contributed by atoms with Crippen LogP contribution in [0.2, 0.25) is 0 Å². The van der Waals surface area contributed by atoms with Crippen LogP contribution >= 0.6 is 0 Å². The third-order valence-corrected chi connectivity index (χ3v) is 3.02. The lowest BCUT2D eigenvalue weighted by Gasteiger charge is -2.15. The van der Waals surface area contributed by atoms with Gasteiger partial charge in [0.15, 0.2) is 0 Å². The van der Waals surface area contributed by atoms with Crippen molar-refractivity contribution in [2.45, 2.75) is 26.1 Å². The van der Waals surface area contributed by atoms with Crippen LogP contribution in [0.4, 0.5) is 18.0 Å². The van der Waals surface area contributed by atoms with Crippen molar-refractivity contribution >= 4 is 6.03 Å². The van der Waals surface area contributed by atoms with Gasteiger partial charge >= 0.3 is 12.2 Å². The summed E-state index contributed by atoms with van der Waals surface area (Å²) >= 11 is 0.